The van der Waals surface area contributed by atoms with Gasteiger partial charge in [0.05, 0.1) is 11.7 Å². The molecule has 1 saturated heterocycles. The molecule has 1 amide bonds. The number of sulfonamides is 1. The Bertz CT molecular complexity index is 1170. The summed E-state index contributed by atoms with van der Waals surface area (Å²) < 4.78 is 28.6. The highest BCUT2D eigenvalue weighted by Gasteiger charge is 2.35. The normalized spacial score (nSPS) is 19.6. The highest BCUT2D eigenvalue weighted by Crippen LogP contribution is 2.34. The van der Waals surface area contributed by atoms with E-state index in [2.05, 4.69) is 14.8 Å². The number of nitrogens with zero attached hydrogens (tertiary/aromatic N) is 4. The monoisotopic (exact) mass is 395 g/mol. The Balaban J connectivity index is 1.53. The molecule has 2 aromatic carbocycles. The molecule has 2 aliphatic heterocycles. The van der Waals surface area contributed by atoms with E-state index in [9.17, 15) is 13.2 Å². The van der Waals surface area contributed by atoms with Gasteiger partial charge in [-0.05, 0) is 30.5 Å². The van der Waals surface area contributed by atoms with E-state index in [0.29, 0.717) is 12.2 Å². The molecule has 0 unspecified atom stereocenters. The lowest BCUT2D eigenvalue weighted by Crippen LogP contribution is -2.31. The van der Waals surface area contributed by atoms with Crippen LogP contribution >= 0.6 is 0 Å². The van der Waals surface area contributed by atoms with Crippen LogP contribution in [-0.2, 0) is 10.0 Å². The van der Waals surface area contributed by atoms with Gasteiger partial charge in [0, 0.05) is 6.54 Å². The summed E-state index contributed by atoms with van der Waals surface area (Å²) in [5, 5.41) is 4.32. The lowest BCUT2D eigenvalue weighted by atomic mass is 10.0. The van der Waals surface area contributed by atoms with Gasteiger partial charge in [-0.2, -0.15) is 9.67 Å². The molecule has 8 nitrogen and oxygen atoms in total. The number of anilines is 1. The van der Waals surface area contributed by atoms with Gasteiger partial charge in [0.25, 0.3) is 15.9 Å². The average molecular weight is 395 g/mol. The van der Waals surface area contributed by atoms with E-state index in [-0.39, 0.29) is 28.6 Å². The molecule has 1 atom stereocenters. The molecule has 0 aliphatic carbocycles. The molecule has 0 spiro atoms. The molecule has 1 N–H and O–H groups in total. The number of likely N-dealkylation sites (tertiary alicyclic amines) is 1. The smallest absolute Gasteiger partial charge is 0.294 e. The summed E-state index contributed by atoms with van der Waals surface area (Å²) in [7, 11) is -3.74. The van der Waals surface area contributed by atoms with E-state index < -0.39 is 10.0 Å². The molecule has 3 heterocycles. The second-order valence-electron chi connectivity index (χ2n) is 6.81. The van der Waals surface area contributed by atoms with Gasteiger partial charge in [0.15, 0.2) is 0 Å². The zero-order valence-electron chi connectivity index (χ0n) is 14.8. The number of amides is 1. The van der Waals surface area contributed by atoms with E-state index >= 15 is 0 Å². The number of hydrogen-bond donors (Lipinski definition) is 1. The van der Waals surface area contributed by atoms with Gasteiger partial charge in [-0.25, -0.2) is 13.1 Å². The van der Waals surface area contributed by atoms with Crippen LogP contribution in [0.4, 0.5) is 5.95 Å². The predicted molar refractivity (Wildman–Crippen MR) is 102 cm³/mol. The molecule has 0 saturated carbocycles. The molecule has 2 aliphatic rings. The second-order valence-corrected chi connectivity index (χ2v) is 8.46. The standard InChI is InChI=1S/C19H17N5O3S/c25-18(23-12-6-10-14(23)13-7-2-1-3-8-13)17-20-19-22-28(26,27)16-11-5-4-9-15(16)24(19)21-17/h1-5,7-9,11,14H,6,10,12H2,(H,20,21,22)/t14-/m1/s1. The van der Waals surface area contributed by atoms with Crippen LogP contribution in [-0.4, -0.2) is 40.5 Å². The van der Waals surface area contributed by atoms with Gasteiger partial charge in [-0.1, -0.05) is 42.5 Å². The van der Waals surface area contributed by atoms with Crippen molar-refractivity contribution in [2.75, 3.05) is 11.3 Å². The van der Waals surface area contributed by atoms with E-state index in [1.54, 1.807) is 23.1 Å². The molecule has 9 heteroatoms. The minimum Gasteiger partial charge on any atom is -0.329 e. The van der Waals surface area contributed by atoms with Gasteiger partial charge in [-0.3, -0.25) is 4.79 Å². The Hall–Kier alpha value is -3.20. The predicted octanol–water partition coefficient (Wildman–Crippen LogP) is 2.36. The first-order valence-corrected chi connectivity index (χ1v) is 10.5. The number of nitrogens with one attached hydrogen (secondary N) is 1. The third-order valence-electron chi connectivity index (χ3n) is 5.11. The van der Waals surface area contributed by atoms with Gasteiger partial charge >= 0.3 is 0 Å². The number of carbonyl (C=O) groups is 1. The van der Waals surface area contributed by atoms with Gasteiger partial charge in [0.2, 0.25) is 11.8 Å². The lowest BCUT2D eigenvalue weighted by Gasteiger charge is -2.23. The van der Waals surface area contributed by atoms with Crippen molar-refractivity contribution in [1.82, 2.24) is 19.7 Å². The Morgan fingerprint density at radius 1 is 1.07 bits per heavy atom. The zero-order valence-corrected chi connectivity index (χ0v) is 15.6. The average Bonchev–Trinajstić information content (AvgIpc) is 3.35. The highest BCUT2D eigenvalue weighted by atomic mass is 32.2. The summed E-state index contributed by atoms with van der Waals surface area (Å²) in [4.78, 5) is 19.2. The molecule has 142 valence electrons. The maximum atomic E-state index is 13.1. The van der Waals surface area contributed by atoms with Crippen molar-refractivity contribution in [1.29, 1.82) is 0 Å². The summed E-state index contributed by atoms with van der Waals surface area (Å²) in [6, 6.07) is 16.3. The fourth-order valence-corrected chi connectivity index (χ4v) is 5.00. The zero-order chi connectivity index (χ0) is 19.3. The SMILES string of the molecule is O=C(c1nc2n(n1)-c1ccccc1S(=O)(=O)N2)N1CCC[C@@H]1c1ccccc1. The molecule has 5 rings (SSSR count). The van der Waals surface area contributed by atoms with Crippen LogP contribution in [0.5, 0.6) is 0 Å². The number of aromatic nitrogens is 3. The van der Waals surface area contributed by atoms with Crippen LogP contribution in [0.2, 0.25) is 0 Å². The van der Waals surface area contributed by atoms with Crippen LogP contribution in [0.25, 0.3) is 5.69 Å². The van der Waals surface area contributed by atoms with Crippen LogP contribution < -0.4 is 4.72 Å². The van der Waals surface area contributed by atoms with Crippen molar-refractivity contribution in [2.24, 2.45) is 0 Å². The molecule has 0 bridgehead atoms. The van der Waals surface area contributed by atoms with Gasteiger partial charge < -0.3 is 4.90 Å². The lowest BCUT2D eigenvalue weighted by molar-refractivity contribution is 0.0723. The van der Waals surface area contributed by atoms with E-state index in [1.165, 1.54) is 10.7 Å². The van der Waals surface area contributed by atoms with Crippen LogP contribution in [0.3, 0.4) is 0 Å². The van der Waals surface area contributed by atoms with Crippen molar-refractivity contribution >= 4 is 21.9 Å². The maximum absolute atomic E-state index is 13.1. The maximum Gasteiger partial charge on any atom is 0.294 e. The summed E-state index contributed by atoms with van der Waals surface area (Å²) in [5.74, 6) is -0.292. The van der Waals surface area contributed by atoms with Gasteiger partial charge in [-0.15, -0.1) is 5.10 Å². The third kappa shape index (κ3) is 2.58. The first-order chi connectivity index (χ1) is 13.5. The van der Waals surface area contributed by atoms with Crippen LogP contribution in [0, 0.1) is 0 Å². The number of benzene rings is 2. The molecule has 1 fully saturated rings. The highest BCUT2D eigenvalue weighted by molar-refractivity contribution is 7.92. The van der Waals surface area contributed by atoms with Crippen LogP contribution in [0.1, 0.15) is 35.1 Å². The Morgan fingerprint density at radius 3 is 2.64 bits per heavy atom. The van der Waals surface area contributed by atoms with Crippen molar-refractivity contribution in [3.8, 4) is 5.69 Å². The molecular formula is C19H17N5O3S. The summed E-state index contributed by atoms with van der Waals surface area (Å²) in [6.07, 6.45) is 1.77. The molecule has 3 aromatic rings. The summed E-state index contributed by atoms with van der Waals surface area (Å²) >= 11 is 0. The minimum atomic E-state index is -3.74. The second kappa shape index (κ2) is 6.16. The van der Waals surface area contributed by atoms with E-state index in [1.807, 2.05) is 30.3 Å². The number of hydrogen-bond acceptors (Lipinski definition) is 5. The summed E-state index contributed by atoms with van der Waals surface area (Å²) in [5.41, 5.74) is 1.45. The van der Waals surface area contributed by atoms with Crippen LogP contribution in [0.15, 0.2) is 59.5 Å². The number of para-hydroxylation sites is 1. The Labute approximate surface area is 161 Å². The third-order valence-corrected chi connectivity index (χ3v) is 6.48. The van der Waals surface area contributed by atoms with Crippen molar-refractivity contribution in [2.45, 2.75) is 23.8 Å². The first kappa shape index (κ1) is 16.9. The minimum absolute atomic E-state index is 0.0164. The Morgan fingerprint density at radius 2 is 1.82 bits per heavy atom. The fraction of sp³-hybridized carbons (Fsp3) is 0.211. The van der Waals surface area contributed by atoms with Crippen molar-refractivity contribution < 1.29 is 13.2 Å². The number of fused-ring (bicyclic) bond motifs is 3. The van der Waals surface area contributed by atoms with Crippen molar-refractivity contribution in [3.63, 3.8) is 0 Å². The van der Waals surface area contributed by atoms with Gasteiger partial charge in [0.1, 0.15) is 4.90 Å². The Kier molecular flexibility index (Phi) is 3.73. The topological polar surface area (TPSA) is 97.2 Å². The molecule has 1 aromatic heterocycles. The van der Waals surface area contributed by atoms with E-state index in [0.717, 1.165) is 18.4 Å². The van der Waals surface area contributed by atoms with Crippen molar-refractivity contribution in [3.05, 3.63) is 66.0 Å². The number of carbonyl (C=O) groups excluding carboxylic acids is 1. The molecule has 0 radical (unpaired) electrons. The largest absolute Gasteiger partial charge is 0.329 e. The molecular weight excluding hydrogens is 378 g/mol. The fourth-order valence-electron chi connectivity index (χ4n) is 3.83. The first-order valence-electron chi connectivity index (χ1n) is 9.00. The van der Waals surface area contributed by atoms with E-state index in [4.69, 9.17) is 0 Å². The molecule has 28 heavy (non-hydrogen) atoms. The quantitative estimate of drug-likeness (QED) is 0.718. The number of rotatable bonds is 2. The summed E-state index contributed by atoms with van der Waals surface area (Å²) in [6.45, 7) is 0.616.